The van der Waals surface area contributed by atoms with E-state index < -0.39 is 22.9 Å². The van der Waals surface area contributed by atoms with E-state index in [4.69, 9.17) is 0 Å². The number of hydrogen-bond donors (Lipinski definition) is 3. The van der Waals surface area contributed by atoms with Crippen LogP contribution in [0.4, 0.5) is 0 Å². The number of rotatable bonds is 4. The van der Waals surface area contributed by atoms with Gasteiger partial charge in [0.15, 0.2) is 5.78 Å². The lowest BCUT2D eigenvalue weighted by Crippen LogP contribution is -2.57. The fraction of sp³-hybridized carbons (Fsp3) is 0.769. The molecule has 0 spiro atoms. The predicted molar refractivity (Wildman–Crippen MR) is 118 cm³/mol. The molecule has 31 heavy (non-hydrogen) atoms. The highest BCUT2D eigenvalue weighted by molar-refractivity contribution is 6.02. The summed E-state index contributed by atoms with van der Waals surface area (Å²) in [5, 5.41) is 30.3. The number of aliphatic carboxylic acids is 1. The molecule has 7 unspecified atom stereocenters. The van der Waals surface area contributed by atoms with Gasteiger partial charge in [-0.2, -0.15) is 0 Å². The fourth-order valence-electron chi connectivity index (χ4n) is 8.21. The lowest BCUT2D eigenvalue weighted by molar-refractivity contribution is -0.137. The molecule has 3 N–H and O–H groups in total. The SMILES string of the molecule is CC(CC(=O)O)C1=CC(=O)C2(C)C3=C(CCC12C)C1(C)CCC(O)C(C)(CO)C1CC3. The summed E-state index contributed by atoms with van der Waals surface area (Å²) >= 11 is 0. The molecule has 1 fully saturated rings. The van der Waals surface area contributed by atoms with Crippen molar-refractivity contribution in [2.75, 3.05) is 6.61 Å². The van der Waals surface area contributed by atoms with Crippen LogP contribution in [-0.2, 0) is 9.59 Å². The average Bonchev–Trinajstić information content (AvgIpc) is 2.92. The van der Waals surface area contributed by atoms with Crippen LogP contribution in [0.2, 0.25) is 0 Å². The van der Waals surface area contributed by atoms with Crippen LogP contribution in [0.3, 0.4) is 0 Å². The summed E-state index contributed by atoms with van der Waals surface area (Å²) in [7, 11) is 0. The van der Waals surface area contributed by atoms with Gasteiger partial charge >= 0.3 is 5.97 Å². The number of hydrogen-bond acceptors (Lipinski definition) is 4. The number of aliphatic hydroxyl groups is 2. The van der Waals surface area contributed by atoms with Crippen molar-refractivity contribution in [2.45, 2.75) is 85.7 Å². The Kier molecular flexibility index (Phi) is 5.14. The Hall–Kier alpha value is -1.46. The Labute approximate surface area is 185 Å². The maximum atomic E-state index is 13.6. The van der Waals surface area contributed by atoms with Crippen molar-refractivity contribution >= 4 is 11.8 Å². The summed E-state index contributed by atoms with van der Waals surface area (Å²) < 4.78 is 0. The first-order valence-corrected chi connectivity index (χ1v) is 11.9. The van der Waals surface area contributed by atoms with Gasteiger partial charge in [-0.25, -0.2) is 0 Å². The standard InChI is InChI=1S/C26H38O5/c1-15(12-22(30)31)18-13-21(29)26(5)17-6-7-19-23(2,16(17)8-11-25(18,26)4)10-9-20(28)24(19,3)14-27/h13,15,19-20,27-28H,6-12,14H2,1-5H3,(H,30,31). The Morgan fingerprint density at radius 2 is 1.81 bits per heavy atom. The third kappa shape index (κ3) is 2.75. The Balaban J connectivity index is 1.80. The zero-order chi connectivity index (χ0) is 23.0. The van der Waals surface area contributed by atoms with Gasteiger partial charge in [0.1, 0.15) is 0 Å². The zero-order valence-electron chi connectivity index (χ0n) is 19.6. The molecule has 7 atom stereocenters. The summed E-state index contributed by atoms with van der Waals surface area (Å²) in [6.07, 6.45) is 6.27. The first-order chi connectivity index (χ1) is 14.4. The van der Waals surface area contributed by atoms with Crippen molar-refractivity contribution in [3.8, 4) is 0 Å². The molecule has 0 aromatic carbocycles. The first kappa shape index (κ1) is 22.7. The second-order valence-electron chi connectivity index (χ2n) is 11.6. The number of carboxylic acid groups (broad SMARTS) is 1. The van der Waals surface area contributed by atoms with Crippen molar-refractivity contribution in [3.63, 3.8) is 0 Å². The minimum atomic E-state index is -0.828. The Morgan fingerprint density at radius 1 is 1.13 bits per heavy atom. The van der Waals surface area contributed by atoms with Crippen molar-refractivity contribution < 1.29 is 24.9 Å². The highest BCUT2D eigenvalue weighted by Gasteiger charge is 2.64. The third-order valence-corrected chi connectivity index (χ3v) is 10.4. The van der Waals surface area contributed by atoms with E-state index in [0.29, 0.717) is 6.42 Å². The smallest absolute Gasteiger partial charge is 0.303 e. The first-order valence-electron chi connectivity index (χ1n) is 11.9. The molecule has 4 aliphatic rings. The van der Waals surface area contributed by atoms with Gasteiger partial charge in [-0.05, 0) is 68.8 Å². The van der Waals surface area contributed by atoms with Crippen molar-refractivity contribution in [3.05, 3.63) is 22.8 Å². The number of carbonyl (C=O) groups is 2. The molecule has 0 aromatic rings. The molecule has 172 valence electrons. The fourth-order valence-corrected chi connectivity index (χ4v) is 8.21. The van der Waals surface area contributed by atoms with Gasteiger partial charge < -0.3 is 15.3 Å². The van der Waals surface area contributed by atoms with Crippen LogP contribution in [0.1, 0.15) is 79.6 Å². The van der Waals surface area contributed by atoms with Gasteiger partial charge in [0.05, 0.1) is 24.5 Å². The molecule has 0 heterocycles. The maximum Gasteiger partial charge on any atom is 0.303 e. The summed E-state index contributed by atoms with van der Waals surface area (Å²) in [5.41, 5.74) is 2.02. The number of aliphatic hydroxyl groups excluding tert-OH is 2. The second kappa shape index (κ2) is 7.02. The zero-order valence-corrected chi connectivity index (χ0v) is 19.6. The van der Waals surface area contributed by atoms with Crippen LogP contribution in [-0.4, -0.2) is 39.8 Å². The van der Waals surface area contributed by atoms with Crippen LogP contribution < -0.4 is 0 Å². The van der Waals surface area contributed by atoms with Gasteiger partial charge in [-0.15, -0.1) is 0 Å². The molecule has 0 bridgehead atoms. The Morgan fingerprint density at radius 3 is 2.42 bits per heavy atom. The molecule has 0 aliphatic heterocycles. The normalized spacial score (nSPS) is 45.5. The van der Waals surface area contributed by atoms with Gasteiger partial charge in [0.25, 0.3) is 0 Å². The van der Waals surface area contributed by atoms with E-state index in [1.165, 1.54) is 11.1 Å². The molecule has 1 saturated carbocycles. The van der Waals surface area contributed by atoms with E-state index in [1.807, 2.05) is 13.8 Å². The molecule has 0 aromatic heterocycles. The summed E-state index contributed by atoms with van der Waals surface area (Å²) in [5.74, 6) is -0.678. The second-order valence-corrected chi connectivity index (χ2v) is 11.6. The molecule has 0 radical (unpaired) electrons. The van der Waals surface area contributed by atoms with Crippen LogP contribution in [0.15, 0.2) is 22.8 Å². The minimum Gasteiger partial charge on any atom is -0.481 e. The quantitative estimate of drug-likeness (QED) is 0.579. The number of carbonyl (C=O) groups excluding carboxylic acids is 1. The van der Waals surface area contributed by atoms with Gasteiger partial charge in [-0.3, -0.25) is 9.59 Å². The van der Waals surface area contributed by atoms with Crippen LogP contribution in [0, 0.1) is 33.5 Å². The van der Waals surface area contributed by atoms with Crippen molar-refractivity contribution in [1.82, 2.24) is 0 Å². The lowest BCUT2D eigenvalue weighted by atomic mass is 9.43. The van der Waals surface area contributed by atoms with Gasteiger partial charge in [-0.1, -0.05) is 44.4 Å². The molecule has 4 rings (SSSR count). The number of allylic oxidation sites excluding steroid dienone is 4. The van der Waals surface area contributed by atoms with Crippen LogP contribution in [0.25, 0.3) is 0 Å². The highest BCUT2D eigenvalue weighted by atomic mass is 16.4. The number of fused-ring (bicyclic) bond motifs is 4. The molecule has 4 aliphatic carbocycles. The summed E-state index contributed by atoms with van der Waals surface area (Å²) in [6.45, 7) is 10.5. The van der Waals surface area contributed by atoms with E-state index in [-0.39, 0.29) is 41.5 Å². The van der Waals surface area contributed by atoms with E-state index in [1.54, 1.807) is 6.08 Å². The molecule has 0 saturated heterocycles. The third-order valence-electron chi connectivity index (χ3n) is 10.4. The Bertz CT molecular complexity index is 886. The van der Waals surface area contributed by atoms with Crippen molar-refractivity contribution in [2.24, 2.45) is 33.5 Å². The molecule has 5 heteroatoms. The number of ketones is 1. The average molecular weight is 431 g/mol. The van der Waals surface area contributed by atoms with Crippen LogP contribution in [0.5, 0.6) is 0 Å². The van der Waals surface area contributed by atoms with E-state index in [2.05, 4.69) is 20.8 Å². The molecule has 0 amide bonds. The van der Waals surface area contributed by atoms with Gasteiger partial charge in [0.2, 0.25) is 0 Å². The summed E-state index contributed by atoms with van der Waals surface area (Å²) in [6, 6.07) is 0. The largest absolute Gasteiger partial charge is 0.481 e. The van der Waals surface area contributed by atoms with E-state index in [0.717, 1.165) is 37.7 Å². The monoisotopic (exact) mass is 430 g/mol. The predicted octanol–water partition coefficient (Wildman–Crippen LogP) is 4.28. The lowest BCUT2D eigenvalue weighted by Gasteiger charge is -2.61. The topological polar surface area (TPSA) is 94.8 Å². The van der Waals surface area contributed by atoms with Gasteiger partial charge in [0, 0.05) is 10.8 Å². The van der Waals surface area contributed by atoms with E-state index >= 15 is 0 Å². The molecule has 5 nitrogen and oxygen atoms in total. The molecular formula is C26H38O5. The van der Waals surface area contributed by atoms with E-state index in [9.17, 15) is 24.9 Å². The summed E-state index contributed by atoms with van der Waals surface area (Å²) in [4.78, 5) is 24.9. The number of carboxylic acids is 1. The highest BCUT2D eigenvalue weighted by Crippen LogP contribution is 2.70. The maximum absolute atomic E-state index is 13.6. The van der Waals surface area contributed by atoms with Crippen molar-refractivity contribution in [1.29, 1.82) is 0 Å². The molecular weight excluding hydrogens is 392 g/mol. The minimum absolute atomic E-state index is 0.0244. The van der Waals surface area contributed by atoms with Crippen LogP contribution >= 0.6 is 0 Å².